The predicted molar refractivity (Wildman–Crippen MR) is 114 cm³/mol. The van der Waals surface area contributed by atoms with Crippen LogP contribution in [0.1, 0.15) is 23.8 Å². The summed E-state index contributed by atoms with van der Waals surface area (Å²) in [7, 11) is 2.20. The zero-order chi connectivity index (χ0) is 18.8. The summed E-state index contributed by atoms with van der Waals surface area (Å²) < 4.78 is 5.86. The minimum atomic E-state index is 0.391. The first-order valence-corrected chi connectivity index (χ1v) is 10.6. The van der Waals surface area contributed by atoms with E-state index in [1.807, 2.05) is 0 Å². The van der Waals surface area contributed by atoms with Gasteiger partial charge in [-0.2, -0.15) is 0 Å². The Hall–Kier alpha value is -1.89. The lowest BCUT2D eigenvalue weighted by Gasteiger charge is -2.40. The number of thiophene rings is 1. The lowest BCUT2D eigenvalue weighted by atomic mass is 10.1. The second-order valence-electron chi connectivity index (χ2n) is 7.33. The minimum Gasteiger partial charge on any atom is -0.380 e. The highest BCUT2D eigenvalue weighted by atomic mass is 32.1. The molecule has 1 aromatic carbocycles. The number of nitrogens with one attached hydrogen (secondary N) is 1. The van der Waals surface area contributed by atoms with Crippen molar-refractivity contribution in [3.05, 3.63) is 40.8 Å². The smallest absolute Gasteiger partial charge is 0.139 e. The molecule has 5 nitrogen and oxygen atoms in total. The number of anilines is 2. The van der Waals surface area contributed by atoms with Crippen molar-refractivity contribution < 1.29 is 4.74 Å². The lowest BCUT2D eigenvalue weighted by molar-refractivity contribution is 0.0402. The van der Waals surface area contributed by atoms with E-state index in [1.54, 1.807) is 11.3 Å². The van der Waals surface area contributed by atoms with Gasteiger partial charge < -0.3 is 15.0 Å². The van der Waals surface area contributed by atoms with Crippen molar-refractivity contribution in [2.75, 3.05) is 45.2 Å². The van der Waals surface area contributed by atoms with Crippen LogP contribution in [0.2, 0.25) is 0 Å². The van der Waals surface area contributed by atoms with Crippen molar-refractivity contribution in [2.45, 2.75) is 26.3 Å². The number of hydrogen-bond donors (Lipinski definition) is 1. The normalized spacial score (nSPS) is 19.7. The number of piperazine rings is 1. The first-order chi connectivity index (χ1) is 13.2. The summed E-state index contributed by atoms with van der Waals surface area (Å²) in [6.45, 7) is 8.87. The van der Waals surface area contributed by atoms with Gasteiger partial charge in [0.15, 0.2) is 0 Å². The summed E-state index contributed by atoms with van der Waals surface area (Å²) in [4.78, 5) is 11.3. The molecule has 1 N–H and O–H groups in total. The molecule has 1 aromatic heterocycles. The van der Waals surface area contributed by atoms with E-state index in [2.05, 4.69) is 66.3 Å². The minimum absolute atomic E-state index is 0.391. The van der Waals surface area contributed by atoms with E-state index >= 15 is 0 Å². The van der Waals surface area contributed by atoms with Gasteiger partial charge in [-0.25, -0.2) is 4.99 Å². The summed E-state index contributed by atoms with van der Waals surface area (Å²) >= 11 is 1.80. The maximum absolute atomic E-state index is 5.86. The molecule has 0 saturated carbocycles. The molecule has 2 aliphatic heterocycles. The highest BCUT2D eigenvalue weighted by Crippen LogP contribution is 2.39. The van der Waals surface area contributed by atoms with E-state index in [1.165, 1.54) is 15.4 Å². The maximum atomic E-state index is 5.86. The summed E-state index contributed by atoms with van der Waals surface area (Å²) in [6.07, 6.45) is 1.06. The van der Waals surface area contributed by atoms with Crippen LogP contribution >= 0.6 is 11.3 Å². The fraction of sp³-hybridized carbons (Fsp3) is 0.476. The molecular weight excluding hydrogens is 356 g/mol. The van der Waals surface area contributed by atoms with Crippen LogP contribution in [0.15, 0.2) is 35.3 Å². The molecule has 0 aliphatic carbocycles. The number of benzene rings is 1. The van der Waals surface area contributed by atoms with Crippen molar-refractivity contribution >= 4 is 33.5 Å². The Balaban J connectivity index is 1.65. The first-order valence-electron chi connectivity index (χ1n) is 9.74. The van der Waals surface area contributed by atoms with Crippen molar-refractivity contribution in [2.24, 2.45) is 4.99 Å². The van der Waals surface area contributed by atoms with E-state index in [0.29, 0.717) is 6.04 Å². The molecule has 2 aliphatic rings. The number of fused-ring (bicyclic) bond motifs is 2. The van der Waals surface area contributed by atoms with E-state index < -0.39 is 0 Å². The number of likely N-dealkylation sites (N-methyl/N-ethyl adjacent to an activating group) is 1. The van der Waals surface area contributed by atoms with Gasteiger partial charge in [0.05, 0.1) is 29.6 Å². The topological polar surface area (TPSA) is 40.1 Å². The van der Waals surface area contributed by atoms with Gasteiger partial charge in [0.1, 0.15) is 10.8 Å². The lowest BCUT2D eigenvalue weighted by Crippen LogP contribution is -2.55. The molecule has 0 spiro atoms. The standard InChI is InChI=1S/C21H28N4OS/c1-4-11-26-14-16-13-25(10-9-24(16)3)20-17-12-15(2)27-21(17)23-19-8-6-5-7-18(19)22-20/h5-8,12,16,23H,4,9-11,13-14H2,1-3H3/t16-/m1/s1. The van der Waals surface area contributed by atoms with Crippen molar-refractivity contribution in [1.29, 1.82) is 0 Å². The van der Waals surface area contributed by atoms with Gasteiger partial charge in [0.25, 0.3) is 0 Å². The number of ether oxygens (including phenoxy) is 1. The van der Waals surface area contributed by atoms with Crippen LogP contribution in [0, 0.1) is 6.92 Å². The van der Waals surface area contributed by atoms with Crippen molar-refractivity contribution in [3.63, 3.8) is 0 Å². The summed E-state index contributed by atoms with van der Waals surface area (Å²) in [5, 5.41) is 4.79. The van der Waals surface area contributed by atoms with Crippen LogP contribution in [0.25, 0.3) is 0 Å². The fourth-order valence-corrected chi connectivity index (χ4v) is 4.59. The Kier molecular flexibility index (Phi) is 5.48. The number of hydrogen-bond acceptors (Lipinski definition) is 6. The SMILES string of the molecule is CCCOC[C@H]1CN(C2=Nc3ccccc3Nc3sc(C)cc32)CCN1C. The number of amidine groups is 1. The molecule has 3 heterocycles. The largest absolute Gasteiger partial charge is 0.380 e. The number of aryl methyl sites for hydroxylation is 1. The molecule has 0 radical (unpaired) electrons. The fourth-order valence-electron chi connectivity index (χ4n) is 3.67. The molecule has 2 aromatic rings. The quantitative estimate of drug-likeness (QED) is 0.801. The number of nitrogens with zero attached hydrogens (tertiary/aromatic N) is 3. The van der Waals surface area contributed by atoms with Gasteiger partial charge in [-0.05, 0) is 38.6 Å². The summed E-state index contributed by atoms with van der Waals surface area (Å²) in [5.74, 6) is 1.08. The second kappa shape index (κ2) is 8.00. The average Bonchev–Trinajstić information content (AvgIpc) is 2.95. The molecule has 6 heteroatoms. The van der Waals surface area contributed by atoms with Gasteiger partial charge >= 0.3 is 0 Å². The Morgan fingerprint density at radius 1 is 1.30 bits per heavy atom. The highest BCUT2D eigenvalue weighted by Gasteiger charge is 2.30. The van der Waals surface area contributed by atoms with Gasteiger partial charge in [0, 0.05) is 31.1 Å². The Morgan fingerprint density at radius 2 is 2.15 bits per heavy atom. The second-order valence-corrected chi connectivity index (χ2v) is 8.59. The van der Waals surface area contributed by atoms with Gasteiger partial charge in [-0.1, -0.05) is 19.1 Å². The maximum Gasteiger partial charge on any atom is 0.139 e. The summed E-state index contributed by atoms with van der Waals surface area (Å²) in [6, 6.07) is 11.0. The molecule has 144 valence electrons. The molecule has 0 amide bonds. The van der Waals surface area contributed by atoms with Crippen LogP contribution in [0.5, 0.6) is 0 Å². The Bertz CT molecular complexity index is 831. The van der Waals surface area contributed by atoms with E-state index in [0.717, 1.165) is 56.5 Å². The predicted octanol–water partition coefficient (Wildman–Crippen LogP) is 4.23. The third-order valence-electron chi connectivity index (χ3n) is 5.21. The van der Waals surface area contributed by atoms with Gasteiger partial charge in [-0.3, -0.25) is 4.90 Å². The first kappa shape index (κ1) is 18.5. The Morgan fingerprint density at radius 3 is 3.00 bits per heavy atom. The molecule has 1 atom stereocenters. The number of para-hydroxylation sites is 2. The van der Waals surface area contributed by atoms with Crippen LogP contribution < -0.4 is 5.32 Å². The number of rotatable bonds is 4. The van der Waals surface area contributed by atoms with Crippen LogP contribution in [-0.2, 0) is 4.74 Å². The van der Waals surface area contributed by atoms with Crippen LogP contribution in [-0.4, -0.2) is 61.6 Å². The molecule has 4 rings (SSSR count). The van der Waals surface area contributed by atoms with Crippen molar-refractivity contribution in [3.8, 4) is 0 Å². The van der Waals surface area contributed by atoms with Crippen molar-refractivity contribution in [1.82, 2.24) is 9.80 Å². The summed E-state index contributed by atoms with van der Waals surface area (Å²) in [5.41, 5.74) is 3.30. The van der Waals surface area contributed by atoms with Crippen LogP contribution in [0.4, 0.5) is 16.4 Å². The molecule has 0 bridgehead atoms. The zero-order valence-electron chi connectivity index (χ0n) is 16.4. The Labute approximate surface area is 165 Å². The third kappa shape index (κ3) is 3.88. The molecule has 1 saturated heterocycles. The molecular formula is C21H28N4OS. The highest BCUT2D eigenvalue weighted by molar-refractivity contribution is 7.16. The monoisotopic (exact) mass is 384 g/mol. The van der Waals surface area contributed by atoms with Gasteiger partial charge in [0.2, 0.25) is 0 Å². The third-order valence-corrected chi connectivity index (χ3v) is 6.18. The average molecular weight is 385 g/mol. The molecule has 27 heavy (non-hydrogen) atoms. The van der Waals surface area contributed by atoms with Gasteiger partial charge in [-0.15, -0.1) is 11.3 Å². The molecule has 1 fully saturated rings. The van der Waals surface area contributed by atoms with E-state index in [4.69, 9.17) is 9.73 Å². The van der Waals surface area contributed by atoms with Crippen LogP contribution in [0.3, 0.4) is 0 Å². The number of aliphatic imine (C=N–C) groups is 1. The zero-order valence-corrected chi connectivity index (χ0v) is 17.2. The van der Waals surface area contributed by atoms with E-state index in [9.17, 15) is 0 Å². The molecule has 0 unspecified atom stereocenters. The van der Waals surface area contributed by atoms with E-state index in [-0.39, 0.29) is 0 Å².